The van der Waals surface area contributed by atoms with Gasteiger partial charge in [0.15, 0.2) is 0 Å². The van der Waals surface area contributed by atoms with Gasteiger partial charge in [0.1, 0.15) is 5.65 Å². The van der Waals surface area contributed by atoms with Crippen LogP contribution >= 0.6 is 11.6 Å². The molecule has 0 unspecified atom stereocenters. The van der Waals surface area contributed by atoms with E-state index in [9.17, 15) is 4.79 Å². The lowest BCUT2D eigenvalue weighted by molar-refractivity contribution is -0.138. The summed E-state index contributed by atoms with van der Waals surface area (Å²) in [7, 11) is 0. The average Bonchev–Trinajstić information content (AvgIpc) is 3.18. The molecule has 0 bridgehead atoms. The molecule has 1 saturated heterocycles. The Morgan fingerprint density at radius 3 is 2.45 bits per heavy atom. The second-order valence-corrected chi connectivity index (χ2v) is 9.22. The van der Waals surface area contributed by atoms with Crippen LogP contribution in [-0.4, -0.2) is 51.3 Å². The fourth-order valence-corrected chi connectivity index (χ4v) is 5.11. The summed E-state index contributed by atoms with van der Waals surface area (Å²) in [5.74, 6) is 0.645. The first kappa shape index (κ1) is 20.5. The molecule has 2 aliphatic rings. The van der Waals surface area contributed by atoms with Crippen LogP contribution in [0.5, 0.6) is 0 Å². The first-order chi connectivity index (χ1) is 15.2. The number of rotatable bonds is 4. The van der Waals surface area contributed by atoms with Crippen molar-refractivity contribution in [1.82, 2.24) is 19.2 Å². The summed E-state index contributed by atoms with van der Waals surface area (Å²) in [4.78, 5) is 22.4. The van der Waals surface area contributed by atoms with Crippen LogP contribution in [0.4, 0.5) is 0 Å². The average molecular weight is 437 g/mol. The number of carbonyl (C=O) groups excluding carboxylic acids is 1. The lowest BCUT2D eigenvalue weighted by atomic mass is 9.88. The molecule has 1 aliphatic heterocycles. The Morgan fingerprint density at radius 1 is 0.968 bits per heavy atom. The molecule has 1 aromatic carbocycles. The van der Waals surface area contributed by atoms with Crippen molar-refractivity contribution < 1.29 is 4.79 Å². The van der Waals surface area contributed by atoms with Crippen LogP contribution in [0.25, 0.3) is 16.9 Å². The fourth-order valence-electron chi connectivity index (χ4n) is 4.98. The van der Waals surface area contributed by atoms with E-state index >= 15 is 0 Å². The molecule has 0 atom stereocenters. The number of hydrogen-bond acceptors (Lipinski definition) is 3. The van der Waals surface area contributed by atoms with Crippen molar-refractivity contribution in [1.29, 1.82) is 0 Å². The molecule has 3 heterocycles. The molecule has 0 spiro atoms. The maximum absolute atomic E-state index is 12.9. The normalized spacial score (nSPS) is 18.5. The number of carbonyl (C=O) groups is 1. The Bertz CT molecular complexity index is 1050. The molecule has 3 aromatic rings. The van der Waals surface area contributed by atoms with Gasteiger partial charge in [-0.1, -0.05) is 49.1 Å². The smallest absolute Gasteiger partial charge is 0.225 e. The van der Waals surface area contributed by atoms with Crippen molar-refractivity contribution in [3.05, 3.63) is 59.4 Å². The van der Waals surface area contributed by atoms with Crippen LogP contribution in [0, 0.1) is 5.92 Å². The Balaban J connectivity index is 1.32. The third-order valence-corrected chi connectivity index (χ3v) is 7.01. The van der Waals surface area contributed by atoms with E-state index in [2.05, 4.69) is 20.4 Å². The number of nitrogens with zero attached hydrogens (tertiary/aromatic N) is 4. The summed E-state index contributed by atoms with van der Waals surface area (Å²) in [6, 6.07) is 14.0. The summed E-state index contributed by atoms with van der Waals surface area (Å²) in [6.07, 6.45) is 7.93. The van der Waals surface area contributed by atoms with Crippen LogP contribution < -0.4 is 0 Å². The molecule has 1 saturated carbocycles. The minimum absolute atomic E-state index is 0.260. The zero-order valence-electron chi connectivity index (χ0n) is 17.8. The molecule has 5 rings (SSSR count). The molecule has 1 aliphatic carbocycles. The predicted molar refractivity (Wildman–Crippen MR) is 124 cm³/mol. The van der Waals surface area contributed by atoms with Crippen LogP contribution in [0.3, 0.4) is 0 Å². The SMILES string of the molecule is O=C(C1CCCCC1)N1CCN(Cc2c(-c3ccc(Cl)cc3)nc3ccccn23)CC1. The first-order valence-corrected chi connectivity index (χ1v) is 11.8. The molecule has 2 fully saturated rings. The van der Waals surface area contributed by atoms with Crippen LogP contribution in [-0.2, 0) is 11.3 Å². The number of pyridine rings is 1. The van der Waals surface area contributed by atoms with Crippen LogP contribution in [0.15, 0.2) is 48.7 Å². The molecule has 6 heteroatoms. The van der Waals surface area contributed by atoms with Gasteiger partial charge < -0.3 is 9.30 Å². The second kappa shape index (κ2) is 9.01. The first-order valence-electron chi connectivity index (χ1n) is 11.4. The topological polar surface area (TPSA) is 40.9 Å². The Hall–Kier alpha value is -2.37. The van der Waals surface area contributed by atoms with Crippen molar-refractivity contribution in [2.75, 3.05) is 26.2 Å². The molecule has 162 valence electrons. The van der Waals surface area contributed by atoms with Gasteiger partial charge in [-0.3, -0.25) is 9.69 Å². The number of amides is 1. The summed E-state index contributed by atoms with van der Waals surface area (Å²) < 4.78 is 2.18. The van der Waals surface area contributed by atoms with Crippen molar-refractivity contribution in [2.45, 2.75) is 38.6 Å². The van der Waals surface area contributed by atoms with E-state index in [4.69, 9.17) is 16.6 Å². The molecule has 31 heavy (non-hydrogen) atoms. The summed E-state index contributed by atoms with van der Waals surface area (Å²) in [5.41, 5.74) is 4.22. The maximum Gasteiger partial charge on any atom is 0.225 e. The van der Waals surface area contributed by atoms with Gasteiger partial charge in [-0.2, -0.15) is 0 Å². The molecule has 0 radical (unpaired) electrons. The predicted octanol–water partition coefficient (Wildman–Crippen LogP) is 4.88. The van der Waals surface area contributed by atoms with Gasteiger partial charge in [-0.05, 0) is 37.1 Å². The fraction of sp³-hybridized carbons (Fsp3) is 0.440. The summed E-state index contributed by atoms with van der Waals surface area (Å²) in [5, 5.41) is 0.729. The molecular formula is C25H29ClN4O. The number of halogens is 1. The summed E-state index contributed by atoms with van der Waals surface area (Å²) >= 11 is 6.10. The largest absolute Gasteiger partial charge is 0.340 e. The number of aromatic nitrogens is 2. The van der Waals surface area contributed by atoms with Gasteiger partial charge in [-0.25, -0.2) is 4.98 Å². The maximum atomic E-state index is 12.9. The lowest BCUT2D eigenvalue weighted by Crippen LogP contribution is -2.50. The molecule has 1 amide bonds. The number of imidazole rings is 1. The number of benzene rings is 1. The van der Waals surface area contributed by atoms with E-state index in [1.807, 2.05) is 42.5 Å². The van der Waals surface area contributed by atoms with Gasteiger partial charge in [0, 0.05) is 55.4 Å². The number of hydrogen-bond donors (Lipinski definition) is 0. The standard InChI is InChI=1S/C25H29ClN4O/c26-21-11-9-19(10-12-21)24-22(30-13-5-4-8-23(30)27-24)18-28-14-16-29(17-15-28)25(31)20-6-2-1-3-7-20/h4-5,8-13,20H,1-3,6-7,14-18H2. The van der Waals surface area contributed by atoms with Gasteiger partial charge in [0.2, 0.25) is 5.91 Å². The third-order valence-electron chi connectivity index (χ3n) is 6.76. The minimum atomic E-state index is 0.260. The number of piperazine rings is 1. The quantitative estimate of drug-likeness (QED) is 0.585. The highest BCUT2D eigenvalue weighted by molar-refractivity contribution is 6.30. The van der Waals surface area contributed by atoms with Crippen molar-refractivity contribution >= 4 is 23.2 Å². The monoisotopic (exact) mass is 436 g/mol. The lowest BCUT2D eigenvalue weighted by Gasteiger charge is -2.37. The van der Waals surface area contributed by atoms with E-state index in [0.717, 1.165) is 67.5 Å². The number of fused-ring (bicyclic) bond motifs is 1. The van der Waals surface area contributed by atoms with Crippen molar-refractivity contribution in [3.8, 4) is 11.3 Å². The van der Waals surface area contributed by atoms with E-state index in [0.29, 0.717) is 5.91 Å². The third kappa shape index (κ3) is 4.35. The second-order valence-electron chi connectivity index (χ2n) is 8.78. The molecule has 2 aromatic heterocycles. The Labute approximate surface area is 188 Å². The van der Waals surface area contributed by atoms with Crippen molar-refractivity contribution in [3.63, 3.8) is 0 Å². The summed E-state index contributed by atoms with van der Waals surface area (Å²) in [6.45, 7) is 4.26. The highest BCUT2D eigenvalue weighted by Gasteiger charge is 2.29. The van der Waals surface area contributed by atoms with Crippen molar-refractivity contribution in [2.24, 2.45) is 5.92 Å². The minimum Gasteiger partial charge on any atom is -0.340 e. The van der Waals surface area contributed by atoms with Gasteiger partial charge >= 0.3 is 0 Å². The highest BCUT2D eigenvalue weighted by Crippen LogP contribution is 2.28. The van der Waals surface area contributed by atoms with E-state index in [1.165, 1.54) is 25.0 Å². The Morgan fingerprint density at radius 2 is 1.71 bits per heavy atom. The molecule has 5 nitrogen and oxygen atoms in total. The van der Waals surface area contributed by atoms with Gasteiger partial charge in [0.25, 0.3) is 0 Å². The van der Waals surface area contributed by atoms with E-state index in [-0.39, 0.29) is 5.92 Å². The highest BCUT2D eigenvalue weighted by atomic mass is 35.5. The molecule has 0 N–H and O–H groups in total. The zero-order chi connectivity index (χ0) is 21.2. The van der Waals surface area contributed by atoms with Crippen LogP contribution in [0.1, 0.15) is 37.8 Å². The zero-order valence-corrected chi connectivity index (χ0v) is 18.6. The van der Waals surface area contributed by atoms with Gasteiger partial charge in [-0.15, -0.1) is 0 Å². The van der Waals surface area contributed by atoms with Gasteiger partial charge in [0.05, 0.1) is 11.4 Å². The van der Waals surface area contributed by atoms with E-state index < -0.39 is 0 Å². The van der Waals surface area contributed by atoms with E-state index in [1.54, 1.807) is 0 Å². The molecular weight excluding hydrogens is 408 g/mol. The van der Waals surface area contributed by atoms with Crippen LogP contribution in [0.2, 0.25) is 5.02 Å². The Kier molecular flexibility index (Phi) is 5.97.